The molecule has 0 bridgehead atoms. The van der Waals surface area contributed by atoms with Gasteiger partial charge in [0.1, 0.15) is 7.85 Å². The second-order valence-electron chi connectivity index (χ2n) is 3.93. The molecule has 0 amide bonds. The summed E-state index contributed by atoms with van der Waals surface area (Å²) in [5, 5.41) is 10.9. The van der Waals surface area contributed by atoms with Crippen molar-refractivity contribution in [3.63, 3.8) is 0 Å². The van der Waals surface area contributed by atoms with E-state index in [1.54, 1.807) is 0 Å². The summed E-state index contributed by atoms with van der Waals surface area (Å²) in [7, 11) is 2.32. The highest BCUT2D eigenvalue weighted by atomic mass is 15.3. The molecule has 1 aromatic rings. The molecular formula is C8H14BN3. The minimum atomic E-state index is 0.747. The van der Waals surface area contributed by atoms with Crippen LogP contribution in [0.3, 0.4) is 0 Å². The Hall–Kier alpha value is -0.795. The topological polar surface area (TPSA) is 41.6 Å². The highest BCUT2D eigenvalue weighted by Crippen LogP contribution is 2.28. The zero-order valence-electron chi connectivity index (χ0n) is 7.67. The number of nitrogens with zero attached hydrogens (tertiary/aromatic N) is 2. The minimum absolute atomic E-state index is 0.747. The van der Waals surface area contributed by atoms with Crippen LogP contribution in [0.1, 0.15) is 24.7 Å². The zero-order valence-corrected chi connectivity index (χ0v) is 7.67. The molecule has 2 unspecified atom stereocenters. The van der Waals surface area contributed by atoms with Gasteiger partial charge >= 0.3 is 0 Å². The minimum Gasteiger partial charge on any atom is -0.262 e. The van der Waals surface area contributed by atoms with E-state index in [1.807, 2.05) is 0 Å². The third-order valence-corrected chi connectivity index (χ3v) is 3.04. The lowest BCUT2D eigenvalue weighted by molar-refractivity contribution is 0.518. The lowest BCUT2D eigenvalue weighted by atomic mass is 9.74. The second kappa shape index (κ2) is 2.92. The van der Waals surface area contributed by atoms with Crippen molar-refractivity contribution in [1.82, 2.24) is 15.4 Å². The summed E-state index contributed by atoms with van der Waals surface area (Å²) in [6.45, 7) is 2.30. The van der Waals surface area contributed by atoms with Crippen LogP contribution in [-0.4, -0.2) is 23.3 Å². The van der Waals surface area contributed by atoms with Gasteiger partial charge in [-0.05, 0) is 18.8 Å². The highest BCUT2D eigenvalue weighted by Gasteiger charge is 2.21. The Morgan fingerprint density at radius 3 is 3.25 bits per heavy atom. The van der Waals surface area contributed by atoms with Crippen molar-refractivity contribution in [3.05, 3.63) is 11.4 Å². The van der Waals surface area contributed by atoms with Crippen molar-refractivity contribution in [2.45, 2.75) is 32.0 Å². The van der Waals surface area contributed by atoms with Gasteiger partial charge in [-0.1, -0.05) is 24.4 Å². The van der Waals surface area contributed by atoms with Gasteiger partial charge < -0.3 is 0 Å². The summed E-state index contributed by atoms with van der Waals surface area (Å²) in [6.07, 6.45) is 3.47. The number of hydrogen-bond donors (Lipinski definition) is 1. The maximum atomic E-state index is 4.10. The van der Waals surface area contributed by atoms with Gasteiger partial charge in [0.2, 0.25) is 0 Å². The Bertz CT molecular complexity index is 271. The van der Waals surface area contributed by atoms with Gasteiger partial charge in [-0.2, -0.15) is 0 Å². The van der Waals surface area contributed by atoms with Crippen LogP contribution in [0.4, 0.5) is 0 Å². The molecule has 12 heavy (non-hydrogen) atoms. The third kappa shape index (κ3) is 1.26. The van der Waals surface area contributed by atoms with E-state index < -0.39 is 0 Å². The Morgan fingerprint density at radius 2 is 2.42 bits per heavy atom. The van der Waals surface area contributed by atoms with E-state index in [0.717, 1.165) is 24.6 Å². The molecule has 1 heterocycles. The maximum Gasteiger partial charge on any atom is 0.105 e. The lowest BCUT2D eigenvalue weighted by Crippen LogP contribution is -2.06. The number of aryl methyl sites for hydroxylation is 1. The van der Waals surface area contributed by atoms with E-state index in [-0.39, 0.29) is 0 Å². The molecule has 1 N–H and O–H groups in total. The number of hydrogen-bond acceptors (Lipinski definition) is 2. The molecule has 0 fully saturated rings. The molecule has 4 heteroatoms. The first-order valence-electron chi connectivity index (χ1n) is 4.66. The summed E-state index contributed by atoms with van der Waals surface area (Å²) in [4.78, 5) is 0. The van der Waals surface area contributed by atoms with Crippen molar-refractivity contribution >= 4 is 7.85 Å². The van der Waals surface area contributed by atoms with E-state index in [2.05, 4.69) is 30.2 Å². The standard InChI is InChI=1S/C8H14BN3/c1-5-4-8-7(10-12-11-8)3-2-6(5)9/h5-6H,2-4,9H2,1H3,(H,10,11,12). The Balaban J connectivity index is 2.24. The molecule has 1 aliphatic carbocycles. The third-order valence-electron chi connectivity index (χ3n) is 3.04. The molecule has 64 valence electrons. The fourth-order valence-corrected chi connectivity index (χ4v) is 1.80. The first-order valence-corrected chi connectivity index (χ1v) is 4.66. The molecule has 0 aromatic carbocycles. The van der Waals surface area contributed by atoms with Gasteiger partial charge in [-0.3, -0.25) is 5.10 Å². The zero-order chi connectivity index (χ0) is 8.55. The molecule has 2 atom stereocenters. The highest BCUT2D eigenvalue weighted by molar-refractivity contribution is 6.11. The Labute approximate surface area is 73.4 Å². The van der Waals surface area contributed by atoms with Crippen molar-refractivity contribution in [2.24, 2.45) is 5.92 Å². The quantitative estimate of drug-likeness (QED) is 0.443. The number of nitrogens with one attached hydrogen (secondary N) is 1. The molecular weight excluding hydrogens is 149 g/mol. The van der Waals surface area contributed by atoms with Crippen molar-refractivity contribution in [3.8, 4) is 0 Å². The van der Waals surface area contributed by atoms with E-state index in [0.29, 0.717) is 0 Å². The average Bonchev–Trinajstić information content (AvgIpc) is 2.43. The molecule has 1 aromatic heterocycles. The van der Waals surface area contributed by atoms with Crippen molar-refractivity contribution in [1.29, 1.82) is 0 Å². The van der Waals surface area contributed by atoms with Gasteiger partial charge in [-0.15, -0.1) is 5.10 Å². The summed E-state index contributed by atoms with van der Waals surface area (Å²) in [5.74, 6) is 1.56. The first-order chi connectivity index (χ1) is 5.77. The molecule has 0 radical (unpaired) electrons. The number of H-pyrrole nitrogens is 1. The van der Waals surface area contributed by atoms with Crippen molar-refractivity contribution < 1.29 is 0 Å². The van der Waals surface area contributed by atoms with Gasteiger partial charge in [-0.25, -0.2) is 0 Å². The predicted octanol–water partition coefficient (Wildman–Crippen LogP) is 0.351. The normalized spacial score (nSPS) is 29.4. The van der Waals surface area contributed by atoms with Crippen LogP contribution in [0.2, 0.25) is 5.82 Å². The molecule has 0 saturated carbocycles. The molecule has 2 rings (SSSR count). The Morgan fingerprint density at radius 1 is 1.58 bits per heavy atom. The van der Waals surface area contributed by atoms with Crippen LogP contribution < -0.4 is 0 Å². The summed E-state index contributed by atoms with van der Waals surface area (Å²) < 4.78 is 0. The van der Waals surface area contributed by atoms with Crippen LogP contribution in [-0.2, 0) is 12.8 Å². The smallest absolute Gasteiger partial charge is 0.105 e. The summed E-state index contributed by atoms with van der Waals surface area (Å²) in [5.41, 5.74) is 2.44. The molecule has 0 saturated heterocycles. The maximum absolute atomic E-state index is 4.10. The van der Waals surface area contributed by atoms with Crippen LogP contribution in [0.15, 0.2) is 0 Å². The van der Waals surface area contributed by atoms with E-state index in [1.165, 1.54) is 17.8 Å². The number of fused-ring (bicyclic) bond motifs is 1. The van der Waals surface area contributed by atoms with Gasteiger partial charge in [0.25, 0.3) is 0 Å². The van der Waals surface area contributed by atoms with Gasteiger partial charge in [0, 0.05) is 0 Å². The van der Waals surface area contributed by atoms with Gasteiger partial charge in [0.05, 0.1) is 11.4 Å². The van der Waals surface area contributed by atoms with Gasteiger partial charge in [0.15, 0.2) is 0 Å². The van der Waals surface area contributed by atoms with E-state index in [4.69, 9.17) is 0 Å². The lowest BCUT2D eigenvalue weighted by Gasteiger charge is -2.14. The van der Waals surface area contributed by atoms with E-state index >= 15 is 0 Å². The van der Waals surface area contributed by atoms with Crippen LogP contribution in [0.25, 0.3) is 0 Å². The monoisotopic (exact) mass is 163 g/mol. The summed E-state index contributed by atoms with van der Waals surface area (Å²) >= 11 is 0. The SMILES string of the molecule is BC1CCc2[nH]nnc2CC1C. The number of aromatic nitrogens is 3. The second-order valence-corrected chi connectivity index (χ2v) is 3.93. The molecule has 1 aliphatic rings. The fraction of sp³-hybridized carbons (Fsp3) is 0.750. The predicted molar refractivity (Wildman–Crippen MR) is 49.9 cm³/mol. The average molecular weight is 163 g/mol. The first kappa shape index (κ1) is 7.83. The van der Waals surface area contributed by atoms with Crippen LogP contribution >= 0.6 is 0 Å². The summed E-state index contributed by atoms with van der Waals surface area (Å²) in [6, 6.07) is 0. The van der Waals surface area contributed by atoms with E-state index in [9.17, 15) is 0 Å². The fourth-order valence-electron chi connectivity index (χ4n) is 1.80. The molecule has 3 nitrogen and oxygen atoms in total. The molecule has 0 aliphatic heterocycles. The largest absolute Gasteiger partial charge is 0.262 e. The Kier molecular flexibility index (Phi) is 1.91. The van der Waals surface area contributed by atoms with Crippen LogP contribution in [0, 0.1) is 5.92 Å². The number of aromatic amines is 1. The van der Waals surface area contributed by atoms with Crippen LogP contribution in [0.5, 0.6) is 0 Å². The molecule has 0 spiro atoms. The van der Waals surface area contributed by atoms with Crippen molar-refractivity contribution in [2.75, 3.05) is 0 Å². The number of rotatable bonds is 0.